The van der Waals surface area contributed by atoms with Crippen molar-refractivity contribution >= 4 is 18.4 Å². The van der Waals surface area contributed by atoms with Gasteiger partial charge >= 0.3 is 0 Å². The van der Waals surface area contributed by atoms with Crippen molar-refractivity contribution < 1.29 is 0 Å². The SMILES string of the molecule is N#CCCn1ncn(/N=C/c2ccccc2)c1=S. The summed E-state index contributed by atoms with van der Waals surface area (Å²) in [7, 11) is 0. The second-order valence-electron chi connectivity index (χ2n) is 3.54. The van der Waals surface area contributed by atoms with Crippen LogP contribution < -0.4 is 0 Å². The average molecular weight is 257 g/mol. The van der Waals surface area contributed by atoms with E-state index < -0.39 is 0 Å². The number of nitrogens with zero attached hydrogens (tertiary/aromatic N) is 5. The maximum Gasteiger partial charge on any atom is 0.218 e. The van der Waals surface area contributed by atoms with Crippen LogP contribution in [0.3, 0.4) is 0 Å². The normalized spacial score (nSPS) is 10.6. The Kier molecular flexibility index (Phi) is 3.99. The summed E-state index contributed by atoms with van der Waals surface area (Å²) in [5, 5.41) is 16.8. The van der Waals surface area contributed by atoms with Gasteiger partial charge in [-0.15, -0.1) is 0 Å². The molecule has 2 aromatic rings. The molecule has 18 heavy (non-hydrogen) atoms. The zero-order valence-corrected chi connectivity index (χ0v) is 10.4. The van der Waals surface area contributed by atoms with Crippen LogP contribution in [0.15, 0.2) is 41.8 Å². The van der Waals surface area contributed by atoms with Crippen LogP contribution in [0.5, 0.6) is 0 Å². The van der Waals surface area contributed by atoms with Gasteiger partial charge in [0.15, 0.2) is 0 Å². The van der Waals surface area contributed by atoms with Crippen LogP contribution in [0.1, 0.15) is 12.0 Å². The molecule has 0 saturated carbocycles. The minimum Gasteiger partial charge on any atom is -0.236 e. The van der Waals surface area contributed by atoms with E-state index in [1.807, 2.05) is 30.3 Å². The first-order valence-corrected chi connectivity index (χ1v) is 5.83. The topological polar surface area (TPSA) is 58.9 Å². The molecular formula is C12H11N5S. The van der Waals surface area contributed by atoms with Crippen molar-refractivity contribution in [2.45, 2.75) is 13.0 Å². The predicted octanol–water partition coefficient (Wildman–Crippen LogP) is 2.21. The Morgan fingerprint density at radius 1 is 1.39 bits per heavy atom. The van der Waals surface area contributed by atoms with Gasteiger partial charge in [0.05, 0.1) is 25.2 Å². The molecule has 0 unspecified atom stereocenters. The zero-order valence-electron chi connectivity index (χ0n) is 9.60. The highest BCUT2D eigenvalue weighted by Gasteiger charge is 1.98. The molecule has 1 aromatic carbocycles. The van der Waals surface area contributed by atoms with Gasteiger partial charge in [0.25, 0.3) is 0 Å². The van der Waals surface area contributed by atoms with Gasteiger partial charge in [-0.2, -0.15) is 20.1 Å². The van der Waals surface area contributed by atoms with E-state index in [9.17, 15) is 0 Å². The Morgan fingerprint density at radius 2 is 2.17 bits per heavy atom. The molecular weight excluding hydrogens is 246 g/mol. The van der Waals surface area contributed by atoms with Gasteiger partial charge in [-0.05, 0) is 17.8 Å². The summed E-state index contributed by atoms with van der Waals surface area (Å²) in [6.45, 7) is 0.489. The summed E-state index contributed by atoms with van der Waals surface area (Å²) < 4.78 is 3.58. The molecule has 0 atom stereocenters. The Morgan fingerprint density at radius 3 is 2.89 bits per heavy atom. The summed E-state index contributed by atoms with van der Waals surface area (Å²) >= 11 is 5.19. The van der Waals surface area contributed by atoms with Gasteiger partial charge in [0, 0.05) is 0 Å². The minimum absolute atomic E-state index is 0.383. The quantitative estimate of drug-likeness (QED) is 0.623. The summed E-state index contributed by atoms with van der Waals surface area (Å²) in [5.41, 5.74) is 0.990. The Labute approximate surface area is 110 Å². The predicted molar refractivity (Wildman–Crippen MR) is 70.7 cm³/mol. The maximum atomic E-state index is 8.52. The second kappa shape index (κ2) is 5.89. The highest BCUT2D eigenvalue weighted by molar-refractivity contribution is 7.71. The average Bonchev–Trinajstić information content (AvgIpc) is 2.76. The van der Waals surface area contributed by atoms with E-state index in [1.54, 1.807) is 17.2 Å². The van der Waals surface area contributed by atoms with E-state index in [0.29, 0.717) is 17.7 Å². The number of aromatic nitrogens is 3. The maximum absolute atomic E-state index is 8.52. The van der Waals surface area contributed by atoms with Crippen LogP contribution in [0.2, 0.25) is 0 Å². The van der Waals surface area contributed by atoms with Gasteiger partial charge in [0.2, 0.25) is 4.77 Å². The van der Waals surface area contributed by atoms with Crippen molar-refractivity contribution in [3.05, 3.63) is 47.0 Å². The number of benzene rings is 1. The fourth-order valence-electron chi connectivity index (χ4n) is 1.38. The molecule has 0 aliphatic rings. The largest absolute Gasteiger partial charge is 0.236 e. The van der Waals surface area contributed by atoms with E-state index in [2.05, 4.69) is 16.3 Å². The minimum atomic E-state index is 0.383. The molecule has 0 saturated heterocycles. The first kappa shape index (κ1) is 12.2. The number of rotatable bonds is 4. The molecule has 1 aromatic heterocycles. The van der Waals surface area contributed by atoms with E-state index in [0.717, 1.165) is 5.56 Å². The van der Waals surface area contributed by atoms with E-state index in [1.165, 1.54) is 4.68 Å². The lowest BCUT2D eigenvalue weighted by Gasteiger charge is -1.94. The van der Waals surface area contributed by atoms with Crippen molar-refractivity contribution in [1.82, 2.24) is 14.5 Å². The molecule has 0 aliphatic carbocycles. The monoisotopic (exact) mass is 257 g/mol. The summed E-state index contributed by atoms with van der Waals surface area (Å²) in [6.07, 6.45) is 3.64. The molecule has 0 aliphatic heterocycles. The van der Waals surface area contributed by atoms with Gasteiger partial charge in [-0.1, -0.05) is 30.3 Å². The van der Waals surface area contributed by atoms with Crippen LogP contribution in [0.4, 0.5) is 0 Å². The first-order chi connectivity index (χ1) is 8.81. The van der Waals surface area contributed by atoms with Crippen LogP contribution in [-0.4, -0.2) is 20.7 Å². The standard InChI is InChI=1S/C12H11N5S/c13-7-4-8-16-12(18)17(10-15-16)14-9-11-5-2-1-3-6-11/h1-3,5-6,9-10H,4,8H2/b14-9+. The Bertz CT molecular complexity index is 632. The summed E-state index contributed by atoms with van der Waals surface area (Å²) in [5.74, 6) is 0. The van der Waals surface area contributed by atoms with Crippen LogP contribution in [-0.2, 0) is 6.54 Å². The Balaban J connectivity index is 2.16. The molecule has 6 heteroatoms. The van der Waals surface area contributed by atoms with E-state index in [4.69, 9.17) is 17.5 Å². The molecule has 0 amide bonds. The van der Waals surface area contributed by atoms with Gasteiger partial charge in [0.1, 0.15) is 6.33 Å². The van der Waals surface area contributed by atoms with Gasteiger partial charge < -0.3 is 0 Å². The molecule has 0 N–H and O–H groups in total. The Hall–Kier alpha value is -2.26. The van der Waals surface area contributed by atoms with E-state index >= 15 is 0 Å². The molecule has 90 valence electrons. The molecule has 5 nitrogen and oxygen atoms in total. The molecule has 1 heterocycles. The van der Waals surface area contributed by atoms with Crippen molar-refractivity contribution in [3.63, 3.8) is 0 Å². The third-order valence-corrected chi connectivity index (χ3v) is 2.68. The lowest BCUT2D eigenvalue weighted by Crippen LogP contribution is -2.00. The van der Waals surface area contributed by atoms with Crippen molar-refractivity contribution in [3.8, 4) is 6.07 Å². The zero-order chi connectivity index (χ0) is 12.8. The molecule has 0 fully saturated rings. The van der Waals surface area contributed by atoms with E-state index in [-0.39, 0.29) is 0 Å². The fraction of sp³-hybridized carbons (Fsp3) is 0.167. The van der Waals surface area contributed by atoms with Crippen LogP contribution >= 0.6 is 12.2 Å². The molecule has 0 radical (unpaired) electrons. The van der Waals surface area contributed by atoms with Crippen molar-refractivity contribution in [2.75, 3.05) is 0 Å². The molecule has 0 bridgehead atoms. The molecule has 2 rings (SSSR count). The van der Waals surface area contributed by atoms with Gasteiger partial charge in [-0.25, -0.2) is 4.68 Å². The van der Waals surface area contributed by atoms with Crippen molar-refractivity contribution in [1.29, 1.82) is 5.26 Å². The van der Waals surface area contributed by atoms with Crippen molar-refractivity contribution in [2.24, 2.45) is 5.10 Å². The highest BCUT2D eigenvalue weighted by Crippen LogP contribution is 1.98. The highest BCUT2D eigenvalue weighted by atomic mass is 32.1. The third-order valence-electron chi connectivity index (χ3n) is 2.28. The number of aryl methyl sites for hydroxylation is 1. The number of hydrogen-bond donors (Lipinski definition) is 0. The second-order valence-corrected chi connectivity index (χ2v) is 3.91. The third kappa shape index (κ3) is 2.90. The fourth-order valence-corrected chi connectivity index (χ4v) is 1.62. The summed E-state index contributed by atoms with van der Waals surface area (Å²) in [6, 6.07) is 11.8. The lowest BCUT2D eigenvalue weighted by atomic mass is 10.2. The summed E-state index contributed by atoms with van der Waals surface area (Å²) in [4.78, 5) is 0. The first-order valence-electron chi connectivity index (χ1n) is 5.42. The smallest absolute Gasteiger partial charge is 0.218 e. The van der Waals surface area contributed by atoms with Crippen LogP contribution in [0, 0.1) is 16.1 Å². The van der Waals surface area contributed by atoms with Gasteiger partial charge in [-0.3, -0.25) is 0 Å². The number of nitriles is 1. The number of hydrogen-bond acceptors (Lipinski definition) is 4. The lowest BCUT2D eigenvalue weighted by molar-refractivity contribution is 0.611. The molecule has 0 spiro atoms. The van der Waals surface area contributed by atoms with Crippen LogP contribution in [0.25, 0.3) is 0 Å².